The molecule has 0 saturated carbocycles. The molecule has 1 amide bonds. The van der Waals surface area contributed by atoms with Crippen molar-refractivity contribution in [2.24, 2.45) is 0 Å². The summed E-state index contributed by atoms with van der Waals surface area (Å²) in [5.41, 5.74) is 3.59. The van der Waals surface area contributed by atoms with Gasteiger partial charge in [0, 0.05) is 30.6 Å². The summed E-state index contributed by atoms with van der Waals surface area (Å²) in [6, 6.07) is 8.66. The zero-order chi connectivity index (χ0) is 19.3. The maximum Gasteiger partial charge on any atom is 0.240 e. The molecule has 2 saturated heterocycles. The fourth-order valence-corrected chi connectivity index (χ4v) is 4.87. The summed E-state index contributed by atoms with van der Waals surface area (Å²) < 4.78 is 5.40. The van der Waals surface area contributed by atoms with Crippen LogP contribution in [-0.2, 0) is 22.5 Å². The number of aryl methyl sites for hydroxylation is 1. The second-order valence-corrected chi connectivity index (χ2v) is 8.47. The molecule has 0 aliphatic carbocycles. The van der Waals surface area contributed by atoms with Gasteiger partial charge in [-0.3, -0.25) is 9.69 Å². The highest BCUT2D eigenvalue weighted by molar-refractivity contribution is 7.13. The van der Waals surface area contributed by atoms with E-state index in [-0.39, 0.29) is 11.9 Å². The summed E-state index contributed by atoms with van der Waals surface area (Å²) in [5, 5.41) is 3.21. The number of morpholine rings is 1. The highest BCUT2D eigenvalue weighted by Gasteiger charge is 2.32. The number of ether oxygens (including phenoxy) is 1. The predicted octanol–water partition coefficient (Wildman–Crippen LogP) is 3.59. The summed E-state index contributed by atoms with van der Waals surface area (Å²) in [6.45, 7) is 6.65. The van der Waals surface area contributed by atoms with Crippen molar-refractivity contribution in [1.29, 1.82) is 0 Å². The Kier molecular flexibility index (Phi) is 6.40. The third kappa shape index (κ3) is 4.45. The molecule has 2 aliphatic heterocycles. The van der Waals surface area contributed by atoms with Crippen molar-refractivity contribution in [2.45, 2.75) is 45.2 Å². The van der Waals surface area contributed by atoms with Gasteiger partial charge < -0.3 is 9.64 Å². The van der Waals surface area contributed by atoms with Gasteiger partial charge in [-0.25, -0.2) is 4.98 Å². The van der Waals surface area contributed by atoms with Gasteiger partial charge >= 0.3 is 0 Å². The van der Waals surface area contributed by atoms with Crippen molar-refractivity contribution in [2.75, 3.05) is 32.8 Å². The molecule has 0 spiro atoms. The van der Waals surface area contributed by atoms with Gasteiger partial charge in [0.2, 0.25) is 5.91 Å². The number of hydrogen-bond donors (Lipinski definition) is 0. The molecular formula is C22H29N3O2S. The van der Waals surface area contributed by atoms with Crippen LogP contribution in [0.5, 0.6) is 0 Å². The minimum Gasteiger partial charge on any atom is -0.378 e. The van der Waals surface area contributed by atoms with Crippen LogP contribution in [0.3, 0.4) is 0 Å². The number of carbonyl (C=O) groups excluding carboxylic acids is 1. The van der Waals surface area contributed by atoms with Crippen LogP contribution >= 0.6 is 11.3 Å². The van der Waals surface area contributed by atoms with Crippen molar-refractivity contribution in [3.8, 4) is 10.6 Å². The van der Waals surface area contributed by atoms with E-state index in [0.717, 1.165) is 62.6 Å². The lowest BCUT2D eigenvalue weighted by molar-refractivity contribution is -0.142. The van der Waals surface area contributed by atoms with Crippen molar-refractivity contribution < 1.29 is 9.53 Å². The number of likely N-dealkylation sites (tertiary alicyclic amines) is 1. The lowest BCUT2D eigenvalue weighted by Crippen LogP contribution is -2.53. The van der Waals surface area contributed by atoms with Gasteiger partial charge in [-0.1, -0.05) is 37.6 Å². The first-order chi connectivity index (χ1) is 13.7. The zero-order valence-corrected chi connectivity index (χ0v) is 17.4. The van der Waals surface area contributed by atoms with Crippen LogP contribution in [0, 0.1) is 0 Å². The third-order valence-corrected chi connectivity index (χ3v) is 6.69. The van der Waals surface area contributed by atoms with Crippen molar-refractivity contribution in [3.63, 3.8) is 0 Å². The molecule has 0 N–H and O–H groups in total. The fraction of sp³-hybridized carbons (Fsp3) is 0.545. The monoisotopic (exact) mass is 399 g/mol. The van der Waals surface area contributed by atoms with E-state index in [2.05, 4.69) is 41.5 Å². The summed E-state index contributed by atoms with van der Waals surface area (Å²) in [6.07, 6.45) is 4.29. The minimum atomic E-state index is -0.0131. The Morgan fingerprint density at radius 2 is 1.96 bits per heavy atom. The predicted molar refractivity (Wildman–Crippen MR) is 112 cm³/mol. The highest BCUT2D eigenvalue weighted by atomic mass is 32.1. The lowest BCUT2D eigenvalue weighted by atomic mass is 10.0. The number of hydrogen-bond acceptors (Lipinski definition) is 5. The Hall–Kier alpha value is -1.76. The Morgan fingerprint density at radius 3 is 2.71 bits per heavy atom. The van der Waals surface area contributed by atoms with Gasteiger partial charge in [0.25, 0.3) is 0 Å². The Bertz CT molecular complexity index is 783. The number of benzene rings is 1. The molecule has 3 heterocycles. The molecule has 1 unspecified atom stereocenters. The molecule has 150 valence electrons. The molecule has 2 aromatic rings. The third-order valence-electron chi connectivity index (χ3n) is 5.75. The quantitative estimate of drug-likeness (QED) is 0.771. The van der Waals surface area contributed by atoms with Gasteiger partial charge in [0.05, 0.1) is 24.9 Å². The van der Waals surface area contributed by atoms with Crippen LogP contribution in [0.1, 0.15) is 37.4 Å². The maximum atomic E-state index is 13.1. The number of carbonyl (C=O) groups is 1. The number of aromatic nitrogens is 1. The molecule has 2 aliphatic rings. The molecule has 2 fully saturated rings. The molecule has 6 heteroatoms. The highest BCUT2D eigenvalue weighted by Crippen LogP contribution is 2.27. The lowest BCUT2D eigenvalue weighted by Gasteiger charge is -2.38. The van der Waals surface area contributed by atoms with Gasteiger partial charge in [0.15, 0.2) is 0 Å². The van der Waals surface area contributed by atoms with Crippen molar-refractivity contribution in [1.82, 2.24) is 14.8 Å². The zero-order valence-electron chi connectivity index (χ0n) is 16.6. The molecule has 28 heavy (non-hydrogen) atoms. The van der Waals surface area contributed by atoms with Gasteiger partial charge in [-0.15, -0.1) is 11.3 Å². The smallest absolute Gasteiger partial charge is 0.240 e. The first kappa shape index (κ1) is 19.6. The largest absolute Gasteiger partial charge is 0.378 e. The van der Waals surface area contributed by atoms with Gasteiger partial charge in [0.1, 0.15) is 5.01 Å². The van der Waals surface area contributed by atoms with Crippen LogP contribution in [0.15, 0.2) is 29.6 Å². The minimum absolute atomic E-state index is 0.0131. The number of thiazole rings is 1. The summed E-state index contributed by atoms with van der Waals surface area (Å²) in [4.78, 5) is 22.2. The topological polar surface area (TPSA) is 45.7 Å². The molecule has 0 radical (unpaired) electrons. The SMILES string of the molecule is CCc1ccc(-c2nc(CN3CCCCC3C(=O)N3CCOCC3)cs2)cc1. The van der Waals surface area contributed by atoms with Gasteiger partial charge in [-0.2, -0.15) is 0 Å². The Labute approximate surface area is 171 Å². The van der Waals surface area contributed by atoms with Crippen LogP contribution in [0.4, 0.5) is 0 Å². The molecule has 5 nitrogen and oxygen atoms in total. The second kappa shape index (κ2) is 9.16. The van der Waals surface area contributed by atoms with Crippen LogP contribution < -0.4 is 0 Å². The summed E-state index contributed by atoms with van der Waals surface area (Å²) in [7, 11) is 0. The first-order valence-electron chi connectivity index (χ1n) is 10.4. The Balaban J connectivity index is 1.44. The molecule has 4 rings (SSSR count). The van der Waals surface area contributed by atoms with Crippen molar-refractivity contribution >= 4 is 17.2 Å². The van der Waals surface area contributed by atoms with Crippen LogP contribution in [0.25, 0.3) is 10.6 Å². The van der Waals surface area contributed by atoms with E-state index in [1.165, 1.54) is 11.1 Å². The molecule has 0 bridgehead atoms. The standard InChI is InChI=1S/C22H29N3O2S/c1-2-17-6-8-18(9-7-17)21-23-19(16-28-21)15-25-10-4-3-5-20(25)22(26)24-11-13-27-14-12-24/h6-9,16,20H,2-5,10-15H2,1H3. The average Bonchev–Trinajstić information content (AvgIpc) is 3.23. The molecular weight excluding hydrogens is 370 g/mol. The summed E-state index contributed by atoms with van der Waals surface area (Å²) in [5.74, 6) is 0.272. The van der Waals surface area contributed by atoms with Gasteiger partial charge in [-0.05, 0) is 31.4 Å². The maximum absolute atomic E-state index is 13.1. The fourth-order valence-electron chi connectivity index (χ4n) is 4.06. The molecule has 1 aromatic carbocycles. The van der Waals surface area contributed by atoms with E-state index in [1.54, 1.807) is 11.3 Å². The number of piperidine rings is 1. The van der Waals surface area contributed by atoms with Crippen molar-refractivity contribution in [3.05, 3.63) is 40.9 Å². The number of rotatable bonds is 5. The van der Waals surface area contributed by atoms with Crippen LogP contribution in [-0.4, -0.2) is 59.6 Å². The second-order valence-electron chi connectivity index (χ2n) is 7.61. The van der Waals surface area contributed by atoms with E-state index in [0.29, 0.717) is 13.2 Å². The van der Waals surface area contributed by atoms with E-state index < -0.39 is 0 Å². The van der Waals surface area contributed by atoms with Crippen LogP contribution in [0.2, 0.25) is 0 Å². The molecule has 1 aromatic heterocycles. The number of amides is 1. The first-order valence-corrected chi connectivity index (χ1v) is 11.3. The van der Waals surface area contributed by atoms with E-state index >= 15 is 0 Å². The average molecular weight is 400 g/mol. The molecule has 1 atom stereocenters. The van der Waals surface area contributed by atoms with E-state index in [9.17, 15) is 4.79 Å². The normalized spacial score (nSPS) is 21.0. The van der Waals surface area contributed by atoms with E-state index in [1.807, 2.05) is 4.90 Å². The Morgan fingerprint density at radius 1 is 1.18 bits per heavy atom. The van der Waals surface area contributed by atoms with E-state index in [4.69, 9.17) is 9.72 Å². The summed E-state index contributed by atoms with van der Waals surface area (Å²) >= 11 is 1.69. The number of nitrogens with zero attached hydrogens (tertiary/aromatic N) is 3.